The molecule has 3 nitrogen and oxygen atoms in total. The van der Waals surface area contributed by atoms with Gasteiger partial charge in [0, 0.05) is 44.0 Å². The Hall–Kier alpha value is -1.06. The SMILES string of the molecule is CC(N)Cc1ccc(N2CCN(C(C)C)CC2)cc1. The summed E-state index contributed by atoms with van der Waals surface area (Å²) in [6.07, 6.45) is 0.960. The highest BCUT2D eigenvalue weighted by Crippen LogP contribution is 2.18. The van der Waals surface area contributed by atoms with E-state index in [2.05, 4.69) is 54.8 Å². The van der Waals surface area contributed by atoms with Crippen LogP contribution in [-0.4, -0.2) is 43.2 Å². The summed E-state index contributed by atoms with van der Waals surface area (Å²) in [5, 5.41) is 0. The number of nitrogens with zero attached hydrogens (tertiary/aromatic N) is 2. The van der Waals surface area contributed by atoms with Crippen molar-refractivity contribution in [3.8, 4) is 0 Å². The second-order valence-electron chi connectivity index (χ2n) is 5.96. The van der Waals surface area contributed by atoms with E-state index < -0.39 is 0 Å². The first-order valence-corrected chi connectivity index (χ1v) is 7.40. The van der Waals surface area contributed by atoms with Gasteiger partial charge in [0.2, 0.25) is 0 Å². The van der Waals surface area contributed by atoms with Gasteiger partial charge >= 0.3 is 0 Å². The van der Waals surface area contributed by atoms with Crippen LogP contribution in [0.3, 0.4) is 0 Å². The molecular formula is C16H27N3. The fraction of sp³-hybridized carbons (Fsp3) is 0.625. The van der Waals surface area contributed by atoms with Gasteiger partial charge in [0.15, 0.2) is 0 Å². The van der Waals surface area contributed by atoms with Gasteiger partial charge in [-0.05, 0) is 44.9 Å². The molecule has 2 rings (SSSR count). The summed E-state index contributed by atoms with van der Waals surface area (Å²) in [5.41, 5.74) is 8.51. The Kier molecular flexibility index (Phi) is 4.83. The van der Waals surface area contributed by atoms with Crippen LogP contribution in [0, 0.1) is 0 Å². The Morgan fingerprint density at radius 3 is 2.05 bits per heavy atom. The van der Waals surface area contributed by atoms with Gasteiger partial charge in [-0.3, -0.25) is 4.90 Å². The predicted molar refractivity (Wildman–Crippen MR) is 82.7 cm³/mol. The van der Waals surface area contributed by atoms with Gasteiger partial charge in [-0.2, -0.15) is 0 Å². The molecular weight excluding hydrogens is 234 g/mol. The molecule has 1 atom stereocenters. The van der Waals surface area contributed by atoms with Crippen LogP contribution >= 0.6 is 0 Å². The fourth-order valence-electron chi connectivity index (χ4n) is 2.71. The molecule has 1 aromatic rings. The van der Waals surface area contributed by atoms with Crippen molar-refractivity contribution >= 4 is 5.69 Å². The maximum Gasteiger partial charge on any atom is 0.0367 e. The van der Waals surface area contributed by atoms with E-state index in [9.17, 15) is 0 Å². The summed E-state index contributed by atoms with van der Waals surface area (Å²) in [4.78, 5) is 5.02. The first-order valence-electron chi connectivity index (χ1n) is 7.40. The predicted octanol–water partition coefficient (Wildman–Crippen LogP) is 2.11. The molecule has 19 heavy (non-hydrogen) atoms. The normalized spacial score (nSPS) is 18.9. The molecule has 3 heteroatoms. The summed E-state index contributed by atoms with van der Waals surface area (Å²) in [6.45, 7) is 11.2. The van der Waals surface area contributed by atoms with Crippen molar-refractivity contribution in [1.82, 2.24) is 4.90 Å². The topological polar surface area (TPSA) is 32.5 Å². The minimum Gasteiger partial charge on any atom is -0.369 e. The van der Waals surface area contributed by atoms with Crippen molar-refractivity contribution in [2.75, 3.05) is 31.1 Å². The van der Waals surface area contributed by atoms with Gasteiger partial charge < -0.3 is 10.6 Å². The number of anilines is 1. The number of nitrogens with two attached hydrogens (primary N) is 1. The van der Waals surface area contributed by atoms with Crippen molar-refractivity contribution in [2.24, 2.45) is 5.73 Å². The average Bonchev–Trinajstić information content (AvgIpc) is 2.39. The number of piperazine rings is 1. The smallest absolute Gasteiger partial charge is 0.0367 e. The van der Waals surface area contributed by atoms with Crippen LogP contribution in [0.1, 0.15) is 26.3 Å². The van der Waals surface area contributed by atoms with Crippen LogP contribution in [0.5, 0.6) is 0 Å². The molecule has 0 aromatic heterocycles. The zero-order valence-electron chi connectivity index (χ0n) is 12.5. The number of rotatable bonds is 4. The summed E-state index contributed by atoms with van der Waals surface area (Å²) >= 11 is 0. The summed E-state index contributed by atoms with van der Waals surface area (Å²) < 4.78 is 0. The summed E-state index contributed by atoms with van der Waals surface area (Å²) in [5.74, 6) is 0. The van der Waals surface area contributed by atoms with Crippen LogP contribution in [0.4, 0.5) is 5.69 Å². The third-order valence-electron chi connectivity index (χ3n) is 3.90. The lowest BCUT2D eigenvalue weighted by atomic mass is 10.1. The maximum atomic E-state index is 5.83. The van der Waals surface area contributed by atoms with Crippen molar-refractivity contribution in [1.29, 1.82) is 0 Å². The summed E-state index contributed by atoms with van der Waals surface area (Å²) in [6, 6.07) is 9.81. The van der Waals surface area contributed by atoms with Crippen LogP contribution in [0.15, 0.2) is 24.3 Å². The zero-order valence-corrected chi connectivity index (χ0v) is 12.5. The highest BCUT2D eigenvalue weighted by atomic mass is 15.3. The molecule has 1 fully saturated rings. The standard InChI is InChI=1S/C16H27N3/c1-13(2)18-8-10-19(11-9-18)16-6-4-15(5-7-16)12-14(3)17/h4-7,13-14H,8-12,17H2,1-3H3. The van der Waals surface area contributed by atoms with Crippen LogP contribution in [-0.2, 0) is 6.42 Å². The van der Waals surface area contributed by atoms with E-state index >= 15 is 0 Å². The van der Waals surface area contributed by atoms with Crippen LogP contribution in [0.2, 0.25) is 0 Å². The van der Waals surface area contributed by atoms with Gasteiger partial charge in [-0.15, -0.1) is 0 Å². The van der Waals surface area contributed by atoms with Gasteiger partial charge in [0.05, 0.1) is 0 Å². The molecule has 1 aliphatic rings. The summed E-state index contributed by atoms with van der Waals surface area (Å²) in [7, 11) is 0. The highest BCUT2D eigenvalue weighted by Gasteiger charge is 2.18. The lowest BCUT2D eigenvalue weighted by molar-refractivity contribution is 0.209. The largest absolute Gasteiger partial charge is 0.369 e. The second kappa shape index (κ2) is 6.40. The van der Waals surface area contributed by atoms with E-state index in [1.54, 1.807) is 0 Å². The molecule has 0 radical (unpaired) electrons. The minimum absolute atomic E-state index is 0.237. The lowest BCUT2D eigenvalue weighted by Gasteiger charge is -2.38. The number of hydrogen-bond donors (Lipinski definition) is 1. The molecule has 0 spiro atoms. The average molecular weight is 261 g/mol. The molecule has 0 amide bonds. The first kappa shape index (κ1) is 14.4. The zero-order chi connectivity index (χ0) is 13.8. The van der Waals surface area contributed by atoms with E-state index in [0.29, 0.717) is 6.04 Å². The maximum absolute atomic E-state index is 5.83. The molecule has 1 aliphatic heterocycles. The van der Waals surface area contributed by atoms with E-state index in [0.717, 1.165) is 19.5 Å². The monoisotopic (exact) mass is 261 g/mol. The molecule has 1 heterocycles. The molecule has 2 N–H and O–H groups in total. The number of hydrogen-bond acceptors (Lipinski definition) is 3. The Morgan fingerprint density at radius 2 is 1.58 bits per heavy atom. The first-order chi connectivity index (χ1) is 9.06. The Labute approximate surface area is 117 Å². The Bertz CT molecular complexity index is 375. The van der Waals surface area contributed by atoms with E-state index in [-0.39, 0.29) is 6.04 Å². The molecule has 106 valence electrons. The number of benzene rings is 1. The van der Waals surface area contributed by atoms with E-state index in [4.69, 9.17) is 5.73 Å². The molecule has 1 unspecified atom stereocenters. The molecule has 1 saturated heterocycles. The lowest BCUT2D eigenvalue weighted by Crippen LogP contribution is -2.48. The highest BCUT2D eigenvalue weighted by molar-refractivity contribution is 5.48. The molecule has 0 bridgehead atoms. The molecule has 0 saturated carbocycles. The minimum atomic E-state index is 0.237. The van der Waals surface area contributed by atoms with Gasteiger partial charge in [-0.1, -0.05) is 12.1 Å². The molecule has 1 aromatic carbocycles. The van der Waals surface area contributed by atoms with Gasteiger partial charge in [-0.25, -0.2) is 0 Å². The second-order valence-corrected chi connectivity index (χ2v) is 5.96. The quantitative estimate of drug-likeness (QED) is 0.901. The van der Waals surface area contributed by atoms with E-state index in [1.165, 1.54) is 24.3 Å². The fourth-order valence-corrected chi connectivity index (χ4v) is 2.71. The Morgan fingerprint density at radius 1 is 1.00 bits per heavy atom. The van der Waals surface area contributed by atoms with Gasteiger partial charge in [0.25, 0.3) is 0 Å². The third-order valence-corrected chi connectivity index (χ3v) is 3.90. The van der Waals surface area contributed by atoms with Crippen molar-refractivity contribution in [3.63, 3.8) is 0 Å². The van der Waals surface area contributed by atoms with Crippen LogP contribution in [0.25, 0.3) is 0 Å². The third kappa shape index (κ3) is 3.95. The van der Waals surface area contributed by atoms with Crippen molar-refractivity contribution in [2.45, 2.75) is 39.3 Å². The van der Waals surface area contributed by atoms with Gasteiger partial charge in [0.1, 0.15) is 0 Å². The van der Waals surface area contributed by atoms with Crippen molar-refractivity contribution < 1.29 is 0 Å². The Balaban J connectivity index is 1.92. The van der Waals surface area contributed by atoms with Crippen molar-refractivity contribution in [3.05, 3.63) is 29.8 Å². The van der Waals surface area contributed by atoms with E-state index in [1.807, 2.05) is 0 Å². The molecule has 0 aliphatic carbocycles. The van der Waals surface area contributed by atoms with Crippen LogP contribution < -0.4 is 10.6 Å².